The number of amides is 2. The van der Waals surface area contributed by atoms with E-state index in [4.69, 9.17) is 4.74 Å². The first-order chi connectivity index (χ1) is 17.9. The van der Waals surface area contributed by atoms with Crippen LogP contribution in [0.1, 0.15) is 29.2 Å². The molecule has 2 fully saturated rings. The fourth-order valence-electron chi connectivity index (χ4n) is 5.34. The number of methoxy groups -OCH3 is 1. The molecular formula is C29H29F2N3O3. The summed E-state index contributed by atoms with van der Waals surface area (Å²) in [4.78, 5) is 32.0. The average molecular weight is 506 g/mol. The zero-order valence-electron chi connectivity index (χ0n) is 20.9. The first-order valence-electron chi connectivity index (χ1n) is 12.4. The van der Waals surface area contributed by atoms with Gasteiger partial charge in [0.2, 0.25) is 5.91 Å². The first-order valence-corrected chi connectivity index (χ1v) is 12.4. The molecule has 2 amide bonds. The maximum Gasteiger partial charge on any atom is 0.251 e. The highest BCUT2D eigenvalue weighted by Crippen LogP contribution is 2.35. The van der Waals surface area contributed by atoms with Gasteiger partial charge in [0.15, 0.2) is 0 Å². The van der Waals surface area contributed by atoms with Gasteiger partial charge in [-0.2, -0.15) is 0 Å². The standard InChI is InChI=1S/C29H29F2N3O3/c1-19-3-12-26(37-2)24(17-19)34-27(35)18-25(29(34)36)32-13-15-33(16-14-32)28(20-4-8-22(30)9-5-20)21-6-10-23(31)11-7-21/h3-12,17,25,28H,13-16,18H2,1-2H3. The summed E-state index contributed by atoms with van der Waals surface area (Å²) in [5, 5.41) is 0. The molecule has 5 rings (SSSR count). The Morgan fingerprint density at radius 1 is 0.838 bits per heavy atom. The number of imide groups is 1. The normalized spacial score (nSPS) is 19.2. The molecule has 0 radical (unpaired) electrons. The summed E-state index contributed by atoms with van der Waals surface area (Å²) in [6, 6.07) is 17.5. The third kappa shape index (κ3) is 4.99. The van der Waals surface area contributed by atoms with Crippen molar-refractivity contribution in [3.05, 3.63) is 95.1 Å². The number of halogens is 2. The number of benzene rings is 3. The largest absolute Gasteiger partial charge is 0.495 e. The third-order valence-electron chi connectivity index (χ3n) is 7.22. The second-order valence-corrected chi connectivity index (χ2v) is 9.54. The summed E-state index contributed by atoms with van der Waals surface area (Å²) in [7, 11) is 1.52. The summed E-state index contributed by atoms with van der Waals surface area (Å²) in [6.45, 7) is 4.34. The molecule has 2 saturated heterocycles. The Bertz CT molecular complexity index is 1240. The fraction of sp³-hybridized carbons (Fsp3) is 0.310. The molecule has 0 aliphatic carbocycles. The number of carbonyl (C=O) groups excluding carboxylic acids is 2. The van der Waals surface area contributed by atoms with Crippen molar-refractivity contribution in [2.24, 2.45) is 0 Å². The van der Waals surface area contributed by atoms with Gasteiger partial charge in [-0.3, -0.25) is 19.4 Å². The number of rotatable bonds is 6. The number of carbonyl (C=O) groups is 2. The van der Waals surface area contributed by atoms with Crippen LogP contribution in [0.3, 0.4) is 0 Å². The molecule has 37 heavy (non-hydrogen) atoms. The van der Waals surface area contributed by atoms with E-state index in [0.29, 0.717) is 37.6 Å². The highest BCUT2D eigenvalue weighted by atomic mass is 19.1. The molecule has 0 spiro atoms. The van der Waals surface area contributed by atoms with Gasteiger partial charge >= 0.3 is 0 Å². The van der Waals surface area contributed by atoms with E-state index in [0.717, 1.165) is 16.7 Å². The van der Waals surface area contributed by atoms with Crippen molar-refractivity contribution in [1.82, 2.24) is 9.80 Å². The summed E-state index contributed by atoms with van der Waals surface area (Å²) in [5.41, 5.74) is 3.23. The predicted molar refractivity (Wildman–Crippen MR) is 136 cm³/mol. The van der Waals surface area contributed by atoms with Crippen LogP contribution in [-0.2, 0) is 9.59 Å². The quantitative estimate of drug-likeness (QED) is 0.467. The fourth-order valence-corrected chi connectivity index (χ4v) is 5.34. The molecule has 1 atom stereocenters. The maximum absolute atomic E-state index is 13.6. The number of anilines is 1. The maximum atomic E-state index is 13.6. The Morgan fingerprint density at radius 2 is 1.41 bits per heavy atom. The summed E-state index contributed by atoms with van der Waals surface area (Å²) < 4.78 is 32.7. The number of aryl methyl sites for hydroxylation is 1. The van der Waals surface area contributed by atoms with Gasteiger partial charge in [0.1, 0.15) is 17.4 Å². The first kappa shape index (κ1) is 25.0. The van der Waals surface area contributed by atoms with Crippen molar-refractivity contribution in [3.8, 4) is 5.75 Å². The molecule has 2 aliphatic heterocycles. The van der Waals surface area contributed by atoms with Crippen LogP contribution in [0.25, 0.3) is 0 Å². The third-order valence-corrected chi connectivity index (χ3v) is 7.22. The topological polar surface area (TPSA) is 53.1 Å². The van der Waals surface area contributed by atoms with Gasteiger partial charge in [0, 0.05) is 26.2 Å². The van der Waals surface area contributed by atoms with Gasteiger partial charge < -0.3 is 4.74 Å². The van der Waals surface area contributed by atoms with E-state index in [1.54, 1.807) is 36.4 Å². The predicted octanol–water partition coefficient (Wildman–Crippen LogP) is 4.32. The van der Waals surface area contributed by atoms with Gasteiger partial charge in [-0.15, -0.1) is 0 Å². The molecule has 2 heterocycles. The van der Waals surface area contributed by atoms with Crippen molar-refractivity contribution in [2.45, 2.75) is 25.4 Å². The van der Waals surface area contributed by atoms with Crippen LogP contribution in [-0.4, -0.2) is 60.9 Å². The molecule has 0 aromatic heterocycles. The van der Waals surface area contributed by atoms with E-state index >= 15 is 0 Å². The van der Waals surface area contributed by atoms with Crippen molar-refractivity contribution in [3.63, 3.8) is 0 Å². The van der Waals surface area contributed by atoms with E-state index in [9.17, 15) is 18.4 Å². The van der Waals surface area contributed by atoms with Crippen molar-refractivity contribution < 1.29 is 23.1 Å². The van der Waals surface area contributed by atoms with Gasteiger partial charge in [-0.05, 0) is 60.0 Å². The van der Waals surface area contributed by atoms with Crippen LogP contribution >= 0.6 is 0 Å². The Morgan fingerprint density at radius 3 is 1.95 bits per heavy atom. The summed E-state index contributed by atoms with van der Waals surface area (Å²) >= 11 is 0. The number of hydrogen-bond acceptors (Lipinski definition) is 5. The van der Waals surface area contributed by atoms with Crippen molar-refractivity contribution in [2.75, 3.05) is 38.2 Å². The van der Waals surface area contributed by atoms with Crippen LogP contribution in [0.15, 0.2) is 66.7 Å². The lowest BCUT2D eigenvalue weighted by molar-refractivity contribution is -0.123. The minimum Gasteiger partial charge on any atom is -0.495 e. The van der Waals surface area contributed by atoms with E-state index in [1.807, 2.05) is 13.0 Å². The Kier molecular flexibility index (Phi) is 7.04. The SMILES string of the molecule is COc1ccc(C)cc1N1C(=O)CC(N2CCN(C(c3ccc(F)cc3)c3ccc(F)cc3)CC2)C1=O. The van der Waals surface area contributed by atoms with Crippen LogP contribution in [0, 0.1) is 18.6 Å². The molecule has 3 aromatic carbocycles. The van der Waals surface area contributed by atoms with Crippen molar-refractivity contribution >= 4 is 17.5 Å². The summed E-state index contributed by atoms with van der Waals surface area (Å²) in [5.74, 6) is -0.622. The van der Waals surface area contributed by atoms with Crippen LogP contribution in [0.2, 0.25) is 0 Å². The Labute approximate surface area is 215 Å². The zero-order valence-corrected chi connectivity index (χ0v) is 20.9. The van der Waals surface area contributed by atoms with Gasteiger partial charge in [-0.25, -0.2) is 13.7 Å². The van der Waals surface area contributed by atoms with Gasteiger partial charge in [-0.1, -0.05) is 30.3 Å². The molecule has 0 N–H and O–H groups in total. The van der Waals surface area contributed by atoms with Crippen LogP contribution < -0.4 is 9.64 Å². The monoisotopic (exact) mass is 505 g/mol. The molecule has 0 saturated carbocycles. The smallest absolute Gasteiger partial charge is 0.251 e. The van der Waals surface area contributed by atoms with E-state index in [1.165, 1.54) is 36.3 Å². The number of ether oxygens (including phenoxy) is 1. The van der Waals surface area contributed by atoms with E-state index in [2.05, 4.69) is 9.80 Å². The Hall–Kier alpha value is -3.62. The second kappa shape index (κ2) is 10.4. The molecule has 0 bridgehead atoms. The van der Waals surface area contributed by atoms with Gasteiger partial charge in [0.25, 0.3) is 5.91 Å². The highest BCUT2D eigenvalue weighted by molar-refractivity contribution is 6.23. The molecular weight excluding hydrogens is 476 g/mol. The molecule has 1 unspecified atom stereocenters. The lowest BCUT2D eigenvalue weighted by Gasteiger charge is -2.41. The zero-order chi connectivity index (χ0) is 26.1. The van der Waals surface area contributed by atoms with E-state index < -0.39 is 6.04 Å². The average Bonchev–Trinajstić information content (AvgIpc) is 3.20. The highest BCUT2D eigenvalue weighted by Gasteiger charge is 2.44. The number of piperazine rings is 1. The minimum absolute atomic E-state index is 0.120. The van der Waals surface area contributed by atoms with Crippen LogP contribution in [0.5, 0.6) is 5.75 Å². The summed E-state index contributed by atoms with van der Waals surface area (Å²) in [6.07, 6.45) is 0.120. The molecule has 192 valence electrons. The van der Waals surface area contributed by atoms with Crippen molar-refractivity contribution in [1.29, 1.82) is 0 Å². The molecule has 3 aromatic rings. The molecule has 6 nitrogen and oxygen atoms in total. The lowest BCUT2D eigenvalue weighted by Crippen LogP contribution is -2.53. The van der Waals surface area contributed by atoms with Crippen LogP contribution in [0.4, 0.5) is 14.5 Å². The van der Waals surface area contributed by atoms with E-state index in [-0.39, 0.29) is 35.9 Å². The molecule has 2 aliphatic rings. The second-order valence-electron chi connectivity index (χ2n) is 9.54. The van der Waals surface area contributed by atoms with Gasteiger partial charge in [0.05, 0.1) is 31.3 Å². The lowest BCUT2D eigenvalue weighted by atomic mass is 9.96. The molecule has 8 heteroatoms. The Balaban J connectivity index is 1.34. The number of hydrogen-bond donors (Lipinski definition) is 0. The minimum atomic E-state index is -0.532. The number of nitrogens with zero attached hydrogens (tertiary/aromatic N) is 3.